The zero-order chi connectivity index (χ0) is 20.1. The lowest BCUT2D eigenvalue weighted by Crippen LogP contribution is -2.46. The molecule has 1 saturated heterocycles. The average Bonchev–Trinajstić information content (AvgIpc) is 3.12. The highest BCUT2D eigenvalue weighted by Crippen LogP contribution is 2.13. The van der Waals surface area contributed by atoms with Gasteiger partial charge in [-0.1, -0.05) is 0 Å². The first kappa shape index (κ1) is 23.1. The molecule has 1 aliphatic rings. The van der Waals surface area contributed by atoms with E-state index in [2.05, 4.69) is 10.1 Å². The Morgan fingerprint density at radius 2 is 1.63 bits per heavy atom. The molecule has 2 atom stereocenters. The van der Waals surface area contributed by atoms with Crippen LogP contribution in [0.2, 0.25) is 0 Å². The Labute approximate surface area is 159 Å². The van der Waals surface area contributed by atoms with Crippen LogP contribution in [0.1, 0.15) is 20.3 Å². The van der Waals surface area contributed by atoms with Gasteiger partial charge in [-0.3, -0.25) is 4.79 Å². The van der Waals surface area contributed by atoms with Gasteiger partial charge in [-0.15, -0.1) is 0 Å². The number of esters is 2. The Bertz CT molecular complexity index is 500. The summed E-state index contributed by atoms with van der Waals surface area (Å²) >= 11 is 0. The number of hydrogen-bond acceptors (Lipinski definition) is 8. The molecule has 0 saturated carbocycles. The van der Waals surface area contributed by atoms with Gasteiger partial charge in [0.2, 0.25) is 5.91 Å². The first-order valence-corrected chi connectivity index (χ1v) is 9.16. The summed E-state index contributed by atoms with van der Waals surface area (Å²) in [5, 5.41) is 3.08. The summed E-state index contributed by atoms with van der Waals surface area (Å²) < 4.78 is 20.3. The molecular weight excluding hydrogens is 356 g/mol. The standard InChI is InChI=1S/C18H30N2O7/c1-4-25-10-8-20(9-11-26-5-2)18(23)15-12-14(13-19-15)27-17(22)7-6-16(21)24-3/h6-7,14-15,19H,4-5,8-13H2,1-3H3/b7-6+/t14-,15+/m1/s1. The van der Waals surface area contributed by atoms with Crippen molar-refractivity contribution in [2.24, 2.45) is 0 Å². The predicted octanol–water partition coefficient (Wildman–Crippen LogP) is -0.109. The smallest absolute Gasteiger partial charge is 0.331 e. The maximum absolute atomic E-state index is 12.8. The third-order valence-corrected chi connectivity index (χ3v) is 3.96. The van der Waals surface area contributed by atoms with Crippen LogP contribution in [0.3, 0.4) is 0 Å². The normalized spacial score (nSPS) is 19.2. The molecule has 154 valence electrons. The van der Waals surface area contributed by atoms with Crippen molar-refractivity contribution in [3.8, 4) is 0 Å². The van der Waals surface area contributed by atoms with E-state index in [0.717, 1.165) is 12.2 Å². The summed E-state index contributed by atoms with van der Waals surface area (Å²) in [6.07, 6.45) is 1.94. The highest BCUT2D eigenvalue weighted by molar-refractivity contribution is 5.91. The fourth-order valence-corrected chi connectivity index (χ4v) is 2.58. The van der Waals surface area contributed by atoms with Crippen LogP contribution in [0.15, 0.2) is 12.2 Å². The Kier molecular flexibility index (Phi) is 11.3. The van der Waals surface area contributed by atoms with Crippen LogP contribution in [0, 0.1) is 0 Å². The highest BCUT2D eigenvalue weighted by Gasteiger charge is 2.33. The SMILES string of the molecule is CCOCCN(CCOCC)C(=O)[C@@H]1C[C@@H](OC(=O)/C=C/C(=O)OC)CN1. The molecule has 1 N–H and O–H groups in total. The fourth-order valence-electron chi connectivity index (χ4n) is 2.58. The molecule has 1 fully saturated rings. The number of carbonyl (C=O) groups excluding carboxylic acids is 3. The quantitative estimate of drug-likeness (QED) is 0.282. The van der Waals surface area contributed by atoms with Crippen LogP contribution in [-0.2, 0) is 33.3 Å². The third kappa shape index (κ3) is 8.98. The van der Waals surface area contributed by atoms with E-state index < -0.39 is 24.1 Å². The van der Waals surface area contributed by atoms with Crippen molar-refractivity contribution >= 4 is 17.8 Å². The number of nitrogens with one attached hydrogen (secondary N) is 1. The van der Waals surface area contributed by atoms with Crippen molar-refractivity contribution in [2.45, 2.75) is 32.4 Å². The molecule has 27 heavy (non-hydrogen) atoms. The molecule has 0 spiro atoms. The molecule has 9 heteroatoms. The minimum Gasteiger partial charge on any atom is -0.466 e. The minimum atomic E-state index is -0.648. The van der Waals surface area contributed by atoms with Gasteiger partial charge in [-0.25, -0.2) is 9.59 Å². The van der Waals surface area contributed by atoms with E-state index >= 15 is 0 Å². The van der Waals surface area contributed by atoms with E-state index in [-0.39, 0.29) is 5.91 Å². The maximum Gasteiger partial charge on any atom is 0.331 e. The zero-order valence-corrected chi connectivity index (χ0v) is 16.3. The van der Waals surface area contributed by atoms with Gasteiger partial charge in [-0.05, 0) is 13.8 Å². The van der Waals surface area contributed by atoms with Crippen LogP contribution in [0.4, 0.5) is 0 Å². The van der Waals surface area contributed by atoms with Crippen LogP contribution in [0.25, 0.3) is 0 Å². The summed E-state index contributed by atoms with van der Waals surface area (Å²) in [7, 11) is 1.22. The van der Waals surface area contributed by atoms with E-state index in [1.165, 1.54) is 7.11 Å². The summed E-state index contributed by atoms with van der Waals surface area (Å²) in [6, 6.07) is -0.435. The van der Waals surface area contributed by atoms with Crippen molar-refractivity contribution in [1.29, 1.82) is 0 Å². The number of ether oxygens (including phenoxy) is 4. The minimum absolute atomic E-state index is 0.0712. The van der Waals surface area contributed by atoms with Gasteiger partial charge < -0.3 is 29.2 Å². The molecule has 9 nitrogen and oxygen atoms in total. The molecule has 0 radical (unpaired) electrons. The fraction of sp³-hybridized carbons (Fsp3) is 0.722. The Morgan fingerprint density at radius 1 is 1.04 bits per heavy atom. The molecule has 1 aliphatic heterocycles. The van der Waals surface area contributed by atoms with Gasteiger partial charge in [0, 0.05) is 51.4 Å². The highest BCUT2D eigenvalue weighted by atomic mass is 16.5. The molecule has 1 amide bonds. The molecule has 0 unspecified atom stereocenters. The molecule has 0 aliphatic carbocycles. The van der Waals surface area contributed by atoms with E-state index in [1.54, 1.807) is 4.90 Å². The first-order chi connectivity index (χ1) is 13.0. The second kappa shape index (κ2) is 13.2. The molecule has 0 aromatic rings. The van der Waals surface area contributed by atoms with Gasteiger partial charge >= 0.3 is 11.9 Å². The first-order valence-electron chi connectivity index (χ1n) is 9.16. The largest absolute Gasteiger partial charge is 0.466 e. The molecule has 1 heterocycles. The van der Waals surface area contributed by atoms with Crippen molar-refractivity contribution < 1.29 is 33.3 Å². The number of hydrogen-bond donors (Lipinski definition) is 1. The van der Waals surface area contributed by atoms with E-state index in [9.17, 15) is 14.4 Å². The van der Waals surface area contributed by atoms with Crippen molar-refractivity contribution in [1.82, 2.24) is 10.2 Å². The van der Waals surface area contributed by atoms with Crippen molar-refractivity contribution in [3.05, 3.63) is 12.2 Å². The predicted molar refractivity (Wildman–Crippen MR) is 97.0 cm³/mol. The topological polar surface area (TPSA) is 103 Å². The summed E-state index contributed by atoms with van der Waals surface area (Å²) in [5.41, 5.74) is 0. The Balaban J connectivity index is 2.51. The second-order valence-electron chi connectivity index (χ2n) is 5.83. The average molecular weight is 386 g/mol. The number of amides is 1. The Morgan fingerprint density at radius 3 is 2.19 bits per heavy atom. The number of rotatable bonds is 12. The summed E-state index contributed by atoms with van der Waals surface area (Å²) in [4.78, 5) is 37.1. The van der Waals surface area contributed by atoms with E-state index in [4.69, 9.17) is 14.2 Å². The molecule has 1 rings (SSSR count). The molecular formula is C18H30N2O7. The van der Waals surface area contributed by atoms with Gasteiger partial charge in [0.1, 0.15) is 6.10 Å². The molecule has 0 aromatic carbocycles. The van der Waals surface area contributed by atoms with Crippen LogP contribution in [-0.4, -0.2) is 88.1 Å². The van der Waals surface area contributed by atoms with E-state index in [1.807, 2.05) is 13.8 Å². The lowest BCUT2D eigenvalue weighted by molar-refractivity contribution is -0.143. The van der Waals surface area contributed by atoms with Gasteiger partial charge in [0.05, 0.1) is 26.4 Å². The number of carbonyl (C=O) groups is 3. The van der Waals surface area contributed by atoms with Crippen molar-refractivity contribution in [3.63, 3.8) is 0 Å². The lowest BCUT2D eigenvalue weighted by Gasteiger charge is -2.25. The third-order valence-electron chi connectivity index (χ3n) is 3.96. The molecule has 0 aromatic heterocycles. The number of nitrogens with zero attached hydrogens (tertiary/aromatic N) is 1. The van der Waals surface area contributed by atoms with Crippen molar-refractivity contribution in [2.75, 3.05) is 53.2 Å². The van der Waals surface area contributed by atoms with E-state index in [0.29, 0.717) is 52.5 Å². The van der Waals surface area contributed by atoms with Crippen LogP contribution >= 0.6 is 0 Å². The van der Waals surface area contributed by atoms with Crippen LogP contribution in [0.5, 0.6) is 0 Å². The van der Waals surface area contributed by atoms with Gasteiger partial charge in [0.25, 0.3) is 0 Å². The van der Waals surface area contributed by atoms with Gasteiger partial charge in [0.15, 0.2) is 0 Å². The Hall–Kier alpha value is -1.97. The van der Waals surface area contributed by atoms with Gasteiger partial charge in [-0.2, -0.15) is 0 Å². The summed E-state index contributed by atoms with van der Waals surface area (Å²) in [5.74, 6) is -1.35. The molecule has 0 bridgehead atoms. The monoisotopic (exact) mass is 386 g/mol. The summed E-state index contributed by atoms with van der Waals surface area (Å²) in [6.45, 7) is 7.22. The second-order valence-corrected chi connectivity index (χ2v) is 5.83. The maximum atomic E-state index is 12.8. The number of methoxy groups -OCH3 is 1. The zero-order valence-electron chi connectivity index (χ0n) is 16.3. The lowest BCUT2D eigenvalue weighted by atomic mass is 10.1. The van der Waals surface area contributed by atoms with Crippen LogP contribution < -0.4 is 5.32 Å².